The van der Waals surface area contributed by atoms with Gasteiger partial charge in [-0.1, -0.05) is 56.3 Å². The van der Waals surface area contributed by atoms with Crippen LogP contribution >= 0.6 is 11.3 Å². The Balaban J connectivity index is 1.52. The van der Waals surface area contributed by atoms with E-state index in [1.807, 2.05) is 17.5 Å². The summed E-state index contributed by atoms with van der Waals surface area (Å²) < 4.78 is 26.7. The topological polar surface area (TPSA) is 88.2 Å². The summed E-state index contributed by atoms with van der Waals surface area (Å²) in [6.07, 6.45) is 0.0179. The van der Waals surface area contributed by atoms with Gasteiger partial charge in [0.15, 0.2) is 5.13 Å². The number of nitrogens with zero attached hydrogens (tertiary/aromatic N) is 1. The first-order chi connectivity index (χ1) is 13.8. The summed E-state index contributed by atoms with van der Waals surface area (Å²) in [5.74, 6) is 0.172. The van der Waals surface area contributed by atoms with Crippen molar-refractivity contribution < 1.29 is 13.2 Å². The molecule has 2 N–H and O–H groups in total. The Morgan fingerprint density at radius 2 is 1.76 bits per heavy atom. The second-order valence-corrected chi connectivity index (χ2v) is 9.45. The first kappa shape index (κ1) is 21.2. The zero-order chi connectivity index (χ0) is 20.9. The molecule has 3 aromatic rings. The molecule has 0 aliphatic rings. The minimum absolute atomic E-state index is 0.0119. The molecule has 0 aliphatic heterocycles. The molecule has 29 heavy (non-hydrogen) atoms. The monoisotopic (exact) mass is 429 g/mol. The number of benzene rings is 2. The van der Waals surface area contributed by atoms with E-state index in [1.54, 1.807) is 18.2 Å². The smallest absolute Gasteiger partial charge is 0.240 e. The fourth-order valence-corrected chi connectivity index (χ4v) is 4.45. The minimum Gasteiger partial charge on any atom is -0.302 e. The summed E-state index contributed by atoms with van der Waals surface area (Å²) >= 11 is 1.34. The first-order valence-electron chi connectivity index (χ1n) is 9.25. The standard InChI is InChI=1S/C21H23N3O3S2/c1-15(2)16-8-10-17(11-9-16)19-14-28-21(23-19)24-20(25)12-13-22-29(26,27)18-6-4-3-5-7-18/h3-11,14-15,22H,12-13H2,1-2H3,(H,23,24,25). The fraction of sp³-hybridized carbons (Fsp3) is 0.238. The van der Waals surface area contributed by atoms with Crippen LogP contribution in [0.4, 0.5) is 5.13 Å². The van der Waals surface area contributed by atoms with Crippen molar-refractivity contribution in [1.82, 2.24) is 9.71 Å². The highest BCUT2D eigenvalue weighted by Gasteiger charge is 2.14. The molecule has 0 aliphatic carbocycles. The van der Waals surface area contributed by atoms with Crippen LogP contribution in [0.5, 0.6) is 0 Å². The van der Waals surface area contributed by atoms with E-state index in [1.165, 1.54) is 29.0 Å². The van der Waals surface area contributed by atoms with Gasteiger partial charge in [-0.25, -0.2) is 18.1 Å². The van der Waals surface area contributed by atoms with E-state index in [-0.39, 0.29) is 23.8 Å². The number of rotatable bonds is 8. The summed E-state index contributed by atoms with van der Waals surface area (Å²) in [6, 6.07) is 16.3. The second-order valence-electron chi connectivity index (χ2n) is 6.82. The highest BCUT2D eigenvalue weighted by atomic mass is 32.2. The number of thiazole rings is 1. The number of nitrogens with one attached hydrogen (secondary N) is 2. The molecule has 1 heterocycles. The number of hydrogen-bond acceptors (Lipinski definition) is 5. The Labute approximate surface area is 175 Å². The molecule has 3 rings (SSSR count). The Hall–Kier alpha value is -2.55. The maximum atomic E-state index is 12.1. The predicted octanol–water partition coefficient (Wildman–Crippen LogP) is 4.24. The lowest BCUT2D eigenvalue weighted by Gasteiger charge is -2.06. The molecule has 0 fully saturated rings. The molecule has 0 saturated carbocycles. The van der Waals surface area contributed by atoms with Gasteiger partial charge < -0.3 is 5.32 Å². The molecule has 6 nitrogen and oxygen atoms in total. The number of hydrogen-bond donors (Lipinski definition) is 2. The molecule has 8 heteroatoms. The van der Waals surface area contributed by atoms with Crippen LogP contribution in [0.2, 0.25) is 0 Å². The third-order valence-electron chi connectivity index (χ3n) is 4.32. The average molecular weight is 430 g/mol. The zero-order valence-electron chi connectivity index (χ0n) is 16.3. The van der Waals surface area contributed by atoms with Crippen molar-refractivity contribution in [2.75, 3.05) is 11.9 Å². The van der Waals surface area contributed by atoms with Gasteiger partial charge >= 0.3 is 0 Å². The van der Waals surface area contributed by atoms with Crippen molar-refractivity contribution in [2.24, 2.45) is 0 Å². The molecule has 0 radical (unpaired) electrons. The maximum Gasteiger partial charge on any atom is 0.240 e. The third kappa shape index (κ3) is 5.72. The number of anilines is 1. The van der Waals surface area contributed by atoms with Gasteiger partial charge in [0.25, 0.3) is 0 Å². The van der Waals surface area contributed by atoms with Crippen molar-refractivity contribution in [3.05, 3.63) is 65.5 Å². The zero-order valence-corrected chi connectivity index (χ0v) is 17.9. The number of carbonyl (C=O) groups excluding carboxylic acids is 1. The Morgan fingerprint density at radius 3 is 2.41 bits per heavy atom. The molecule has 0 unspecified atom stereocenters. The average Bonchev–Trinajstić information content (AvgIpc) is 3.17. The van der Waals surface area contributed by atoms with Crippen LogP contribution in [0.1, 0.15) is 31.7 Å². The lowest BCUT2D eigenvalue weighted by molar-refractivity contribution is -0.116. The number of sulfonamides is 1. The highest BCUT2D eigenvalue weighted by Crippen LogP contribution is 2.26. The molecule has 0 bridgehead atoms. The summed E-state index contributed by atoms with van der Waals surface area (Å²) in [4.78, 5) is 16.7. The van der Waals surface area contributed by atoms with Crippen LogP contribution < -0.4 is 10.0 Å². The molecule has 152 valence electrons. The minimum atomic E-state index is -3.61. The number of carbonyl (C=O) groups is 1. The van der Waals surface area contributed by atoms with E-state index in [4.69, 9.17) is 0 Å². The van der Waals surface area contributed by atoms with Crippen LogP contribution in [-0.2, 0) is 14.8 Å². The van der Waals surface area contributed by atoms with Gasteiger partial charge in [-0.2, -0.15) is 0 Å². The van der Waals surface area contributed by atoms with Crippen LogP contribution in [0.3, 0.4) is 0 Å². The van der Waals surface area contributed by atoms with Crippen LogP contribution in [-0.4, -0.2) is 25.9 Å². The Bertz CT molecular complexity index is 1060. The molecule has 1 amide bonds. The lowest BCUT2D eigenvalue weighted by atomic mass is 10.0. The maximum absolute atomic E-state index is 12.1. The van der Waals surface area contributed by atoms with Gasteiger partial charge in [-0.15, -0.1) is 11.3 Å². The lowest BCUT2D eigenvalue weighted by Crippen LogP contribution is -2.27. The molecule has 0 saturated heterocycles. The van der Waals surface area contributed by atoms with E-state index >= 15 is 0 Å². The van der Waals surface area contributed by atoms with Crippen molar-refractivity contribution in [1.29, 1.82) is 0 Å². The van der Waals surface area contributed by atoms with Crippen molar-refractivity contribution in [3.8, 4) is 11.3 Å². The van der Waals surface area contributed by atoms with Gasteiger partial charge in [0.2, 0.25) is 15.9 Å². The Kier molecular flexibility index (Phi) is 6.79. The van der Waals surface area contributed by atoms with Crippen molar-refractivity contribution in [2.45, 2.75) is 31.1 Å². The largest absolute Gasteiger partial charge is 0.302 e. The van der Waals surface area contributed by atoms with E-state index in [9.17, 15) is 13.2 Å². The highest BCUT2D eigenvalue weighted by molar-refractivity contribution is 7.89. The van der Waals surface area contributed by atoms with Gasteiger partial charge in [0, 0.05) is 23.9 Å². The first-order valence-corrected chi connectivity index (χ1v) is 11.6. The number of amides is 1. The van der Waals surface area contributed by atoms with Crippen LogP contribution in [0.15, 0.2) is 64.9 Å². The summed E-state index contributed by atoms with van der Waals surface area (Å²) in [5, 5.41) is 5.10. The van der Waals surface area contributed by atoms with E-state index in [2.05, 4.69) is 41.0 Å². The molecule has 1 aromatic heterocycles. The molecule has 0 atom stereocenters. The summed E-state index contributed by atoms with van der Waals surface area (Å²) in [5.41, 5.74) is 3.04. The van der Waals surface area contributed by atoms with Crippen LogP contribution in [0.25, 0.3) is 11.3 Å². The molecular weight excluding hydrogens is 406 g/mol. The third-order valence-corrected chi connectivity index (χ3v) is 6.56. The summed E-state index contributed by atoms with van der Waals surface area (Å²) in [7, 11) is -3.61. The summed E-state index contributed by atoms with van der Waals surface area (Å²) in [6.45, 7) is 4.30. The van der Waals surface area contributed by atoms with Crippen LogP contribution in [0, 0.1) is 0 Å². The SMILES string of the molecule is CC(C)c1ccc(-c2csc(NC(=O)CCNS(=O)(=O)c3ccccc3)n2)cc1. The fourth-order valence-electron chi connectivity index (χ4n) is 2.67. The van der Waals surface area contributed by atoms with E-state index in [0.717, 1.165) is 11.3 Å². The normalized spacial score (nSPS) is 11.6. The Morgan fingerprint density at radius 1 is 1.07 bits per heavy atom. The van der Waals surface area contributed by atoms with E-state index in [0.29, 0.717) is 11.0 Å². The van der Waals surface area contributed by atoms with Gasteiger partial charge in [-0.05, 0) is 23.6 Å². The quantitative estimate of drug-likeness (QED) is 0.561. The van der Waals surface area contributed by atoms with Crippen molar-refractivity contribution in [3.63, 3.8) is 0 Å². The van der Waals surface area contributed by atoms with Crippen molar-refractivity contribution >= 4 is 32.4 Å². The van der Waals surface area contributed by atoms with Gasteiger partial charge in [0.05, 0.1) is 10.6 Å². The second kappa shape index (κ2) is 9.30. The van der Waals surface area contributed by atoms with Gasteiger partial charge in [0.1, 0.15) is 0 Å². The molecule has 0 spiro atoms. The van der Waals surface area contributed by atoms with Gasteiger partial charge in [-0.3, -0.25) is 4.79 Å². The predicted molar refractivity (Wildman–Crippen MR) is 117 cm³/mol. The van der Waals surface area contributed by atoms with E-state index < -0.39 is 10.0 Å². The molecule has 2 aromatic carbocycles. The molecular formula is C21H23N3O3S2. The number of aromatic nitrogens is 1.